The molecular weight excluding hydrogens is 420 g/mol. The fourth-order valence-electron chi connectivity index (χ4n) is 6.53. The van der Waals surface area contributed by atoms with Crippen LogP contribution in [0.15, 0.2) is 35.8 Å². The van der Waals surface area contributed by atoms with Gasteiger partial charge in [-0.3, -0.25) is 0 Å². The van der Waals surface area contributed by atoms with Crippen molar-refractivity contribution in [2.24, 2.45) is 28.3 Å². The van der Waals surface area contributed by atoms with Crippen LogP contribution in [0.1, 0.15) is 117 Å². The third kappa shape index (κ3) is 6.17. The molecule has 2 fully saturated rings. The summed E-state index contributed by atoms with van der Waals surface area (Å²) >= 11 is 0. The van der Waals surface area contributed by atoms with Gasteiger partial charge in [0.1, 0.15) is 11.0 Å². The van der Waals surface area contributed by atoms with Crippen molar-refractivity contribution in [2.45, 2.75) is 119 Å². The minimum absolute atomic E-state index is 0.0650. The topological polar surface area (TPSA) is 84.0 Å². The minimum atomic E-state index is -0.164. The van der Waals surface area contributed by atoms with Crippen LogP contribution in [0.25, 0.3) is 10.4 Å². The first-order chi connectivity index (χ1) is 16.4. The van der Waals surface area contributed by atoms with E-state index in [9.17, 15) is 0 Å². The summed E-state index contributed by atoms with van der Waals surface area (Å²) in [5.41, 5.74) is 19.9. The summed E-state index contributed by atoms with van der Waals surface area (Å²) in [5, 5.41) is 3.27. The zero-order valence-electron chi connectivity index (χ0n) is 23.7. The molecule has 194 valence electrons. The smallest absolute Gasteiger partial charge is 0.117 e. The fraction of sp³-hybridized carbons (Fsp3) is 0.724. The van der Waals surface area contributed by atoms with Crippen LogP contribution in [0.5, 0.6) is 0 Å². The van der Waals surface area contributed by atoms with Gasteiger partial charge in [-0.05, 0) is 73.4 Å². The maximum absolute atomic E-state index is 8.53. The van der Waals surface area contributed by atoms with Crippen molar-refractivity contribution in [3.63, 3.8) is 0 Å². The van der Waals surface area contributed by atoms with E-state index in [1.165, 1.54) is 16.7 Å². The van der Waals surface area contributed by atoms with Crippen molar-refractivity contribution >= 4 is 0 Å². The Bertz CT molecular complexity index is 801. The van der Waals surface area contributed by atoms with Gasteiger partial charge in [-0.25, -0.2) is 0 Å². The molecule has 3 aliphatic carbocycles. The first-order valence-corrected chi connectivity index (χ1v) is 13.7. The Morgan fingerprint density at radius 3 is 2.26 bits per heavy atom. The van der Waals surface area contributed by atoms with Gasteiger partial charge in [0.2, 0.25) is 0 Å². The number of rotatable bonds is 3. The van der Waals surface area contributed by atoms with Crippen LogP contribution < -0.4 is 5.73 Å². The standard InChI is InChI=1S/C21H28N4O.4C2H6/c1-13-4-5-16-15(12-13)8-11-21(22)18(16)9-10-20(3)17(6-7-19(20)21)14(2)26-25-24-23;4*1-2/h4-5,12,17-19H,2,6-11,22H2,1,3H3;4*1-2H3. The number of allylic oxidation sites excluding steroid dienone is 1. The maximum Gasteiger partial charge on any atom is 0.117 e. The number of fused-ring (bicyclic) bond motifs is 5. The second-order valence-electron chi connectivity index (χ2n) is 8.82. The molecule has 5 heteroatoms. The Morgan fingerprint density at radius 1 is 1.06 bits per heavy atom. The van der Waals surface area contributed by atoms with Gasteiger partial charge < -0.3 is 10.6 Å². The maximum atomic E-state index is 8.53. The molecule has 5 unspecified atom stereocenters. The Kier molecular flexibility index (Phi) is 14.2. The van der Waals surface area contributed by atoms with E-state index in [1.54, 1.807) is 0 Å². The predicted octanol–water partition coefficient (Wildman–Crippen LogP) is 9.41. The molecule has 0 heterocycles. The molecule has 0 amide bonds. The normalized spacial score (nSPS) is 29.6. The van der Waals surface area contributed by atoms with Gasteiger partial charge in [-0.15, -0.1) is 0 Å². The summed E-state index contributed by atoms with van der Waals surface area (Å²) < 4.78 is 0. The zero-order chi connectivity index (χ0) is 26.5. The summed E-state index contributed by atoms with van der Waals surface area (Å²) in [6, 6.07) is 6.88. The lowest BCUT2D eigenvalue weighted by Gasteiger charge is -2.57. The average molecular weight is 473 g/mol. The highest BCUT2D eigenvalue weighted by Gasteiger charge is 2.61. The van der Waals surface area contributed by atoms with E-state index in [0.29, 0.717) is 17.6 Å². The molecule has 5 atom stereocenters. The molecule has 4 rings (SSSR count). The Morgan fingerprint density at radius 2 is 1.68 bits per heavy atom. The van der Waals surface area contributed by atoms with E-state index in [-0.39, 0.29) is 16.9 Å². The minimum Gasteiger partial charge on any atom is -0.399 e. The quantitative estimate of drug-likeness (QED) is 0.156. The Hall–Kier alpha value is -1.97. The SMILES string of the molecule is C=C(ON=[N+]=[N-])C1CCC2C1(C)CCC1c3ccc(C)cc3CCC12N.CC.CC.CC.CC. The van der Waals surface area contributed by atoms with E-state index >= 15 is 0 Å². The van der Waals surface area contributed by atoms with Crippen LogP contribution in [0.2, 0.25) is 0 Å². The highest BCUT2D eigenvalue weighted by Crippen LogP contribution is 2.64. The van der Waals surface area contributed by atoms with Crippen molar-refractivity contribution in [1.82, 2.24) is 0 Å². The highest BCUT2D eigenvalue weighted by atomic mass is 16.6. The van der Waals surface area contributed by atoms with Gasteiger partial charge >= 0.3 is 0 Å². The summed E-state index contributed by atoms with van der Waals surface area (Å²) in [4.78, 5) is 7.90. The third-order valence-corrected chi connectivity index (χ3v) is 7.69. The molecule has 0 spiro atoms. The number of azide groups is 1. The molecule has 3 aliphatic rings. The lowest BCUT2D eigenvalue weighted by atomic mass is 9.50. The molecule has 5 nitrogen and oxygen atoms in total. The molecule has 2 N–H and O–H groups in total. The summed E-state index contributed by atoms with van der Waals surface area (Å²) in [7, 11) is 0. The summed E-state index contributed by atoms with van der Waals surface area (Å²) in [6.45, 7) is 24.6. The highest BCUT2D eigenvalue weighted by molar-refractivity contribution is 5.41. The number of hydrogen-bond acceptors (Lipinski definition) is 3. The molecule has 0 radical (unpaired) electrons. The summed E-state index contributed by atoms with van der Waals surface area (Å²) in [5.74, 6) is 1.69. The van der Waals surface area contributed by atoms with Crippen LogP contribution in [-0.2, 0) is 11.3 Å². The lowest BCUT2D eigenvalue weighted by Crippen LogP contribution is -2.61. The molecule has 0 aromatic heterocycles. The molecule has 2 saturated carbocycles. The molecule has 0 bridgehead atoms. The van der Waals surface area contributed by atoms with Gasteiger partial charge in [0.15, 0.2) is 0 Å². The predicted molar refractivity (Wildman–Crippen MR) is 147 cm³/mol. The van der Waals surface area contributed by atoms with Gasteiger partial charge in [0.25, 0.3) is 0 Å². The largest absolute Gasteiger partial charge is 0.399 e. The molecule has 0 saturated heterocycles. The zero-order valence-corrected chi connectivity index (χ0v) is 23.7. The van der Waals surface area contributed by atoms with Crippen LogP contribution >= 0.6 is 0 Å². The van der Waals surface area contributed by atoms with Crippen LogP contribution in [-0.4, -0.2) is 5.54 Å². The van der Waals surface area contributed by atoms with Crippen molar-refractivity contribution in [3.8, 4) is 0 Å². The van der Waals surface area contributed by atoms with E-state index < -0.39 is 0 Å². The van der Waals surface area contributed by atoms with Crippen molar-refractivity contribution in [1.29, 1.82) is 0 Å². The van der Waals surface area contributed by atoms with Crippen molar-refractivity contribution in [3.05, 3.63) is 57.7 Å². The second kappa shape index (κ2) is 15.1. The van der Waals surface area contributed by atoms with Crippen LogP contribution in [0.3, 0.4) is 0 Å². The number of hydrogen-bond donors (Lipinski definition) is 1. The van der Waals surface area contributed by atoms with Gasteiger partial charge in [0.05, 0.1) is 0 Å². The molecule has 1 aromatic rings. The lowest BCUT2D eigenvalue weighted by molar-refractivity contribution is 0.00100. The number of nitrogens with zero attached hydrogens (tertiary/aromatic N) is 3. The Balaban J connectivity index is 0.00000124. The second-order valence-corrected chi connectivity index (χ2v) is 8.82. The van der Waals surface area contributed by atoms with Gasteiger partial charge in [-0.2, -0.15) is 0 Å². The van der Waals surface area contributed by atoms with E-state index in [4.69, 9.17) is 16.1 Å². The number of nitrogens with two attached hydrogens (primary N) is 1. The number of aryl methyl sites for hydroxylation is 2. The molecule has 1 aromatic carbocycles. The van der Waals surface area contributed by atoms with Crippen molar-refractivity contribution < 1.29 is 4.84 Å². The van der Waals surface area contributed by atoms with Crippen LogP contribution in [0, 0.1) is 24.2 Å². The Labute approximate surface area is 210 Å². The monoisotopic (exact) mass is 472 g/mol. The number of benzene rings is 1. The first-order valence-electron chi connectivity index (χ1n) is 13.7. The molecule has 0 aliphatic heterocycles. The van der Waals surface area contributed by atoms with Gasteiger partial charge in [-0.1, -0.05) is 92.7 Å². The first kappa shape index (κ1) is 32.0. The fourth-order valence-corrected chi connectivity index (χ4v) is 6.53. The molecule has 34 heavy (non-hydrogen) atoms. The molecular formula is C29H52N4O. The van der Waals surface area contributed by atoms with E-state index in [0.717, 1.165) is 38.5 Å². The summed E-state index contributed by atoms with van der Waals surface area (Å²) in [6.07, 6.45) is 6.42. The third-order valence-electron chi connectivity index (χ3n) is 7.69. The van der Waals surface area contributed by atoms with Gasteiger partial charge in [0, 0.05) is 22.3 Å². The van der Waals surface area contributed by atoms with Crippen molar-refractivity contribution in [2.75, 3.05) is 0 Å². The van der Waals surface area contributed by atoms with E-state index in [2.05, 4.69) is 48.8 Å². The average Bonchev–Trinajstić information content (AvgIpc) is 3.25. The van der Waals surface area contributed by atoms with E-state index in [1.807, 2.05) is 55.4 Å². The van der Waals surface area contributed by atoms with Crippen LogP contribution in [0.4, 0.5) is 0 Å².